The van der Waals surface area contributed by atoms with Gasteiger partial charge in [0.15, 0.2) is 6.61 Å². The van der Waals surface area contributed by atoms with Crippen molar-refractivity contribution in [1.82, 2.24) is 10.6 Å². The molecule has 0 atom stereocenters. The minimum atomic E-state index is -0.572. The van der Waals surface area contributed by atoms with E-state index in [4.69, 9.17) is 11.2 Å². The van der Waals surface area contributed by atoms with Crippen LogP contribution in [0.1, 0.15) is 32.3 Å². The Morgan fingerprint density at radius 1 is 1.29 bits per heavy atom. The maximum absolute atomic E-state index is 11.9. The van der Waals surface area contributed by atoms with Crippen molar-refractivity contribution in [2.75, 3.05) is 13.7 Å². The summed E-state index contributed by atoms with van der Waals surface area (Å²) in [7, 11) is 1.90. The Labute approximate surface area is 127 Å². The Balaban J connectivity index is 2.51. The lowest BCUT2D eigenvalue weighted by Gasteiger charge is -2.26. The van der Waals surface area contributed by atoms with E-state index in [0.717, 1.165) is 12.1 Å². The van der Waals surface area contributed by atoms with Crippen LogP contribution in [0.5, 0.6) is 5.75 Å². The molecule has 1 amide bonds. The first-order valence-corrected chi connectivity index (χ1v) is 7.24. The van der Waals surface area contributed by atoms with Crippen molar-refractivity contribution in [3.05, 3.63) is 29.8 Å². The summed E-state index contributed by atoms with van der Waals surface area (Å²) >= 11 is 0. The van der Waals surface area contributed by atoms with Crippen molar-refractivity contribution in [2.24, 2.45) is 0 Å². The van der Waals surface area contributed by atoms with E-state index >= 15 is 0 Å². The Bertz CT molecular complexity index is 485. The Morgan fingerprint density at radius 2 is 1.90 bits per heavy atom. The van der Waals surface area contributed by atoms with Gasteiger partial charge in [0.05, 0.1) is 0 Å². The van der Waals surface area contributed by atoms with E-state index < -0.39 is 5.54 Å². The van der Waals surface area contributed by atoms with Gasteiger partial charge in [0.1, 0.15) is 11.3 Å². The lowest BCUT2D eigenvalue weighted by atomic mass is 9.94. The minimum Gasteiger partial charge on any atom is -0.484 e. The fourth-order valence-corrected chi connectivity index (χ4v) is 2.03. The summed E-state index contributed by atoms with van der Waals surface area (Å²) in [4.78, 5) is 11.9. The van der Waals surface area contributed by atoms with E-state index in [-0.39, 0.29) is 12.5 Å². The first-order valence-electron chi connectivity index (χ1n) is 7.24. The number of benzene rings is 1. The fourth-order valence-electron chi connectivity index (χ4n) is 2.03. The van der Waals surface area contributed by atoms with Crippen LogP contribution in [0, 0.1) is 12.3 Å². The quantitative estimate of drug-likeness (QED) is 0.720. The highest BCUT2D eigenvalue weighted by Gasteiger charge is 2.25. The van der Waals surface area contributed by atoms with Crippen LogP contribution in [0.25, 0.3) is 0 Å². The number of ether oxygens (including phenoxy) is 1. The molecule has 0 aliphatic rings. The Kier molecular flexibility index (Phi) is 6.77. The number of hydrogen-bond acceptors (Lipinski definition) is 3. The van der Waals surface area contributed by atoms with Crippen LogP contribution in [-0.4, -0.2) is 25.1 Å². The van der Waals surface area contributed by atoms with Crippen LogP contribution in [0.3, 0.4) is 0 Å². The maximum atomic E-state index is 11.9. The highest BCUT2D eigenvalue weighted by atomic mass is 16.5. The Morgan fingerprint density at radius 3 is 2.38 bits per heavy atom. The van der Waals surface area contributed by atoms with Crippen molar-refractivity contribution in [3.8, 4) is 18.1 Å². The van der Waals surface area contributed by atoms with Gasteiger partial charge in [-0.25, -0.2) is 0 Å². The van der Waals surface area contributed by atoms with Crippen LogP contribution in [-0.2, 0) is 11.3 Å². The molecule has 0 aliphatic carbocycles. The van der Waals surface area contributed by atoms with Crippen molar-refractivity contribution in [2.45, 2.75) is 38.8 Å². The van der Waals surface area contributed by atoms with Crippen LogP contribution < -0.4 is 15.4 Å². The van der Waals surface area contributed by atoms with E-state index in [1.54, 1.807) is 0 Å². The largest absolute Gasteiger partial charge is 0.484 e. The fraction of sp³-hybridized carbons (Fsp3) is 0.471. The molecule has 1 aromatic carbocycles. The first-order chi connectivity index (χ1) is 10.1. The van der Waals surface area contributed by atoms with Gasteiger partial charge in [-0.15, -0.1) is 6.42 Å². The van der Waals surface area contributed by atoms with Gasteiger partial charge in [-0.1, -0.05) is 31.9 Å². The normalized spacial score (nSPS) is 10.8. The first kappa shape index (κ1) is 17.1. The molecule has 2 N–H and O–H groups in total. The van der Waals surface area contributed by atoms with E-state index in [2.05, 4.69) is 16.6 Å². The minimum absolute atomic E-state index is 0.0329. The molecule has 0 saturated carbocycles. The van der Waals surface area contributed by atoms with Gasteiger partial charge in [-0.2, -0.15) is 0 Å². The molecular weight excluding hydrogens is 264 g/mol. The highest BCUT2D eigenvalue weighted by molar-refractivity contribution is 5.78. The second-order valence-electron chi connectivity index (χ2n) is 4.94. The number of carbonyl (C=O) groups is 1. The number of rotatable bonds is 8. The van der Waals surface area contributed by atoms with E-state index in [1.807, 2.05) is 45.2 Å². The maximum Gasteiger partial charge on any atom is 0.259 e. The molecule has 0 unspecified atom stereocenters. The topological polar surface area (TPSA) is 50.4 Å². The summed E-state index contributed by atoms with van der Waals surface area (Å²) in [5, 5.41) is 5.95. The third-order valence-electron chi connectivity index (χ3n) is 3.54. The van der Waals surface area contributed by atoms with E-state index in [0.29, 0.717) is 18.6 Å². The molecule has 1 aromatic rings. The second-order valence-corrected chi connectivity index (χ2v) is 4.94. The number of carbonyl (C=O) groups excluding carboxylic acids is 1. The molecule has 114 valence electrons. The third-order valence-corrected chi connectivity index (χ3v) is 3.54. The number of terminal acetylenes is 1. The second kappa shape index (κ2) is 8.33. The van der Waals surface area contributed by atoms with Gasteiger partial charge < -0.3 is 15.4 Å². The number of hydrogen-bond donors (Lipinski definition) is 2. The zero-order valence-corrected chi connectivity index (χ0v) is 13.0. The van der Waals surface area contributed by atoms with Crippen LogP contribution in [0.4, 0.5) is 0 Å². The monoisotopic (exact) mass is 288 g/mol. The molecule has 0 bridgehead atoms. The molecule has 0 fully saturated rings. The van der Waals surface area contributed by atoms with Gasteiger partial charge in [0.25, 0.3) is 5.91 Å². The van der Waals surface area contributed by atoms with Crippen LogP contribution in [0.15, 0.2) is 24.3 Å². The molecule has 0 aromatic heterocycles. The lowest BCUT2D eigenvalue weighted by Crippen LogP contribution is -2.48. The summed E-state index contributed by atoms with van der Waals surface area (Å²) in [5.41, 5.74) is 0.592. The van der Waals surface area contributed by atoms with Crippen molar-refractivity contribution < 1.29 is 9.53 Å². The SMILES string of the molecule is C#CC(CC)(CC)NC(=O)COc1ccc(CNC)cc1. The molecular formula is C17H24N2O2. The molecule has 21 heavy (non-hydrogen) atoms. The molecule has 4 nitrogen and oxygen atoms in total. The number of amides is 1. The average Bonchev–Trinajstić information content (AvgIpc) is 2.52. The van der Waals surface area contributed by atoms with Crippen molar-refractivity contribution in [1.29, 1.82) is 0 Å². The molecule has 4 heteroatoms. The summed E-state index contributed by atoms with van der Waals surface area (Å²) in [6, 6.07) is 7.64. The zero-order valence-electron chi connectivity index (χ0n) is 13.0. The van der Waals surface area contributed by atoms with Crippen LogP contribution in [0.2, 0.25) is 0 Å². The summed E-state index contributed by atoms with van der Waals surface area (Å²) in [6.45, 7) is 4.70. The molecule has 0 heterocycles. The molecule has 0 saturated heterocycles. The molecule has 0 spiro atoms. The van der Waals surface area contributed by atoms with Gasteiger partial charge in [0.2, 0.25) is 0 Å². The smallest absolute Gasteiger partial charge is 0.259 e. The van der Waals surface area contributed by atoms with Gasteiger partial charge >= 0.3 is 0 Å². The van der Waals surface area contributed by atoms with E-state index in [9.17, 15) is 4.79 Å². The molecule has 0 radical (unpaired) electrons. The van der Waals surface area contributed by atoms with Crippen LogP contribution >= 0.6 is 0 Å². The van der Waals surface area contributed by atoms with Gasteiger partial charge in [-0.3, -0.25) is 4.79 Å². The predicted octanol–water partition coefficient (Wildman–Crippen LogP) is 2.09. The summed E-state index contributed by atoms with van der Waals surface area (Å²) in [5.74, 6) is 3.14. The Hall–Kier alpha value is -1.99. The zero-order chi connectivity index (χ0) is 15.7. The van der Waals surface area contributed by atoms with Crippen molar-refractivity contribution >= 4 is 5.91 Å². The summed E-state index contributed by atoms with van der Waals surface area (Å²) in [6.07, 6.45) is 6.92. The predicted molar refractivity (Wildman–Crippen MR) is 85.0 cm³/mol. The van der Waals surface area contributed by atoms with Gasteiger partial charge in [-0.05, 0) is 37.6 Å². The number of nitrogens with one attached hydrogen (secondary N) is 2. The third kappa shape index (κ3) is 5.13. The van der Waals surface area contributed by atoms with Gasteiger partial charge in [0, 0.05) is 6.54 Å². The van der Waals surface area contributed by atoms with Crippen molar-refractivity contribution in [3.63, 3.8) is 0 Å². The summed E-state index contributed by atoms with van der Waals surface area (Å²) < 4.78 is 5.48. The standard InChI is InChI=1S/C17H24N2O2/c1-5-17(6-2,7-3)19-16(20)13-21-15-10-8-14(9-11-15)12-18-4/h1,8-11,18H,6-7,12-13H2,2-4H3,(H,19,20). The highest BCUT2D eigenvalue weighted by Crippen LogP contribution is 2.14. The molecule has 0 aliphatic heterocycles. The average molecular weight is 288 g/mol. The molecule has 1 rings (SSSR count). The lowest BCUT2D eigenvalue weighted by molar-refractivity contribution is -0.124. The van der Waals surface area contributed by atoms with E-state index in [1.165, 1.54) is 0 Å².